The molecular formula is C21H27O5P. The second-order valence-corrected chi connectivity index (χ2v) is 8.84. The van der Waals surface area contributed by atoms with Crippen LogP contribution in [0.1, 0.15) is 43.6 Å². The van der Waals surface area contributed by atoms with Gasteiger partial charge in [0.2, 0.25) is 5.85 Å². The van der Waals surface area contributed by atoms with Gasteiger partial charge < -0.3 is 13.8 Å². The Morgan fingerprint density at radius 3 is 1.81 bits per heavy atom. The van der Waals surface area contributed by atoms with E-state index in [1.54, 1.807) is 52.0 Å². The normalized spacial score (nSPS) is 13.0. The Kier molecular flexibility index (Phi) is 7.78. The van der Waals surface area contributed by atoms with E-state index in [0.717, 1.165) is 5.56 Å². The van der Waals surface area contributed by atoms with E-state index in [1.165, 1.54) is 0 Å². The van der Waals surface area contributed by atoms with Crippen LogP contribution in [0.15, 0.2) is 60.7 Å². The molecule has 0 saturated heterocycles. The number of carbonyl (C=O) groups excluding carboxylic acids is 1. The minimum absolute atomic E-state index is 0.232. The average molecular weight is 390 g/mol. The molecule has 0 fully saturated rings. The van der Waals surface area contributed by atoms with Gasteiger partial charge in [-0.25, -0.2) is 4.79 Å². The molecule has 2 aromatic carbocycles. The SMILES string of the molecule is CC(C)OP(=O)(OC(C)C)[C@H](Cc1ccccc1)OC(=O)c1ccccc1. The third-order valence-corrected chi connectivity index (χ3v) is 6.00. The molecule has 0 amide bonds. The second kappa shape index (κ2) is 9.84. The number of hydrogen-bond acceptors (Lipinski definition) is 5. The monoisotopic (exact) mass is 390 g/mol. The van der Waals surface area contributed by atoms with Crippen LogP contribution in [0.3, 0.4) is 0 Å². The zero-order chi connectivity index (χ0) is 19.9. The van der Waals surface area contributed by atoms with E-state index in [2.05, 4.69) is 0 Å². The van der Waals surface area contributed by atoms with E-state index in [4.69, 9.17) is 13.8 Å². The Bertz CT molecular complexity index is 745. The molecule has 0 N–H and O–H groups in total. The van der Waals surface area contributed by atoms with Gasteiger partial charge in [0.15, 0.2) is 0 Å². The van der Waals surface area contributed by atoms with Gasteiger partial charge in [-0.1, -0.05) is 48.5 Å². The van der Waals surface area contributed by atoms with Crippen LogP contribution in [0.2, 0.25) is 0 Å². The molecule has 0 aromatic heterocycles. The van der Waals surface area contributed by atoms with Crippen LogP contribution in [0.25, 0.3) is 0 Å². The van der Waals surface area contributed by atoms with E-state index < -0.39 is 19.4 Å². The van der Waals surface area contributed by atoms with Gasteiger partial charge in [0.1, 0.15) is 0 Å². The van der Waals surface area contributed by atoms with Crippen molar-refractivity contribution in [2.75, 3.05) is 0 Å². The van der Waals surface area contributed by atoms with Gasteiger partial charge in [-0.15, -0.1) is 0 Å². The minimum Gasteiger partial charge on any atom is -0.445 e. The second-order valence-electron chi connectivity index (χ2n) is 6.76. The summed E-state index contributed by atoms with van der Waals surface area (Å²) >= 11 is 0. The summed E-state index contributed by atoms with van der Waals surface area (Å²) in [6.07, 6.45) is -0.456. The molecule has 146 valence electrons. The van der Waals surface area contributed by atoms with E-state index in [1.807, 2.05) is 36.4 Å². The lowest BCUT2D eigenvalue weighted by Gasteiger charge is -2.29. The first-order valence-corrected chi connectivity index (χ1v) is 10.7. The van der Waals surface area contributed by atoms with Crippen LogP contribution < -0.4 is 0 Å². The molecule has 0 aliphatic carbocycles. The molecule has 0 unspecified atom stereocenters. The van der Waals surface area contributed by atoms with Crippen molar-refractivity contribution in [3.63, 3.8) is 0 Å². The topological polar surface area (TPSA) is 61.8 Å². The Labute approximate surface area is 161 Å². The number of benzene rings is 2. The van der Waals surface area contributed by atoms with Crippen molar-refractivity contribution in [1.29, 1.82) is 0 Å². The van der Waals surface area contributed by atoms with E-state index in [-0.39, 0.29) is 18.6 Å². The quantitative estimate of drug-likeness (QED) is 0.420. The predicted octanol–water partition coefficient (Wildman–Crippen LogP) is 5.46. The Morgan fingerprint density at radius 1 is 0.852 bits per heavy atom. The summed E-state index contributed by atoms with van der Waals surface area (Å²) in [5.74, 6) is -1.60. The van der Waals surface area contributed by atoms with Gasteiger partial charge in [0, 0.05) is 6.42 Å². The predicted molar refractivity (Wildman–Crippen MR) is 106 cm³/mol. The highest BCUT2D eigenvalue weighted by atomic mass is 31.2. The third kappa shape index (κ3) is 6.62. The highest BCUT2D eigenvalue weighted by Crippen LogP contribution is 2.56. The van der Waals surface area contributed by atoms with E-state index in [9.17, 15) is 9.36 Å². The van der Waals surface area contributed by atoms with Gasteiger partial charge in [0.05, 0.1) is 17.8 Å². The summed E-state index contributed by atoms with van der Waals surface area (Å²) < 4.78 is 30.6. The maximum absolute atomic E-state index is 13.6. The molecule has 0 aliphatic heterocycles. The molecule has 0 saturated carbocycles. The molecule has 6 heteroatoms. The molecule has 2 rings (SSSR count). The Morgan fingerprint density at radius 2 is 1.33 bits per heavy atom. The average Bonchev–Trinajstić information content (AvgIpc) is 2.61. The lowest BCUT2D eigenvalue weighted by Crippen LogP contribution is -2.26. The van der Waals surface area contributed by atoms with Crippen molar-refractivity contribution < 1.29 is 23.1 Å². The van der Waals surface area contributed by atoms with Crippen molar-refractivity contribution in [2.24, 2.45) is 0 Å². The fourth-order valence-corrected chi connectivity index (χ4v) is 4.70. The maximum atomic E-state index is 13.6. The number of hydrogen-bond donors (Lipinski definition) is 0. The first kappa shape index (κ1) is 21.4. The highest BCUT2D eigenvalue weighted by molar-refractivity contribution is 7.54. The smallest absolute Gasteiger partial charge is 0.371 e. The maximum Gasteiger partial charge on any atom is 0.371 e. The molecule has 5 nitrogen and oxygen atoms in total. The standard InChI is InChI=1S/C21H27O5P/c1-16(2)25-27(23,26-17(3)4)20(15-18-11-7-5-8-12-18)24-21(22)19-13-9-6-10-14-19/h5-14,16-17,20H,15H2,1-4H3/t20-/m1/s1. The van der Waals surface area contributed by atoms with Crippen molar-refractivity contribution >= 4 is 13.6 Å². The molecule has 0 radical (unpaired) electrons. The van der Waals surface area contributed by atoms with Crippen LogP contribution in [-0.4, -0.2) is 24.0 Å². The number of esters is 1. The largest absolute Gasteiger partial charge is 0.445 e. The zero-order valence-electron chi connectivity index (χ0n) is 16.2. The van der Waals surface area contributed by atoms with E-state index in [0.29, 0.717) is 5.56 Å². The van der Waals surface area contributed by atoms with Gasteiger partial charge in [0.25, 0.3) is 0 Å². The van der Waals surface area contributed by atoms with Crippen molar-refractivity contribution in [1.82, 2.24) is 0 Å². The van der Waals surface area contributed by atoms with Crippen LogP contribution in [-0.2, 0) is 24.8 Å². The molecule has 27 heavy (non-hydrogen) atoms. The summed E-state index contributed by atoms with van der Waals surface area (Å²) in [7, 11) is -3.72. The van der Waals surface area contributed by atoms with Crippen molar-refractivity contribution in [3.8, 4) is 0 Å². The van der Waals surface area contributed by atoms with Crippen molar-refractivity contribution in [2.45, 2.75) is 52.2 Å². The molecule has 2 aromatic rings. The van der Waals surface area contributed by atoms with E-state index >= 15 is 0 Å². The first-order valence-electron chi connectivity index (χ1n) is 9.06. The summed E-state index contributed by atoms with van der Waals surface area (Å²) in [6, 6.07) is 18.0. The Balaban J connectivity index is 2.34. The fourth-order valence-electron chi connectivity index (χ4n) is 2.55. The zero-order valence-corrected chi connectivity index (χ0v) is 17.1. The molecule has 0 heterocycles. The number of rotatable bonds is 9. The minimum atomic E-state index is -3.72. The summed E-state index contributed by atoms with van der Waals surface area (Å²) in [6.45, 7) is 7.09. The lowest BCUT2D eigenvalue weighted by atomic mass is 10.2. The third-order valence-electron chi connectivity index (χ3n) is 3.57. The van der Waals surface area contributed by atoms with Crippen molar-refractivity contribution in [3.05, 3.63) is 71.8 Å². The number of carbonyl (C=O) groups is 1. The highest BCUT2D eigenvalue weighted by Gasteiger charge is 2.41. The molecule has 0 aliphatic rings. The van der Waals surface area contributed by atoms with Gasteiger partial charge in [-0.3, -0.25) is 4.57 Å². The van der Waals surface area contributed by atoms with Crippen LogP contribution >= 0.6 is 7.60 Å². The van der Waals surface area contributed by atoms with Gasteiger partial charge in [-0.05, 0) is 45.4 Å². The summed E-state index contributed by atoms with van der Waals surface area (Å²) in [4.78, 5) is 12.6. The fraction of sp³-hybridized carbons (Fsp3) is 0.381. The molecule has 0 bridgehead atoms. The van der Waals surface area contributed by atoms with Crippen LogP contribution in [0.5, 0.6) is 0 Å². The summed E-state index contributed by atoms with van der Waals surface area (Å²) in [5.41, 5.74) is 1.26. The van der Waals surface area contributed by atoms with Crippen LogP contribution in [0.4, 0.5) is 0 Å². The van der Waals surface area contributed by atoms with Gasteiger partial charge >= 0.3 is 13.6 Å². The van der Waals surface area contributed by atoms with Crippen LogP contribution in [0, 0.1) is 0 Å². The molecule has 0 spiro atoms. The van der Waals surface area contributed by atoms with Gasteiger partial charge in [-0.2, -0.15) is 0 Å². The Hall–Kier alpha value is -1.94. The first-order chi connectivity index (χ1) is 12.8. The summed E-state index contributed by atoms with van der Waals surface area (Å²) in [5, 5.41) is 0. The lowest BCUT2D eigenvalue weighted by molar-refractivity contribution is 0.0320. The molecule has 1 atom stereocenters. The molecular weight excluding hydrogens is 363 g/mol. The number of ether oxygens (including phenoxy) is 1.